The maximum atomic E-state index is 11.7. The Morgan fingerprint density at radius 1 is 1.25 bits per heavy atom. The fourth-order valence-electron chi connectivity index (χ4n) is 1.73. The summed E-state index contributed by atoms with van der Waals surface area (Å²) in [6, 6.07) is 9.54. The Hall–Kier alpha value is -1.39. The first kappa shape index (κ1) is 11.1. The monoisotopic (exact) mass is 218 g/mol. The Balaban J connectivity index is 1.80. The molecule has 16 heavy (non-hydrogen) atoms. The highest BCUT2D eigenvalue weighted by Gasteiger charge is 2.13. The summed E-state index contributed by atoms with van der Waals surface area (Å²) in [5, 5.41) is 7.12. The molecule has 1 aliphatic rings. The van der Waals surface area contributed by atoms with E-state index in [9.17, 15) is 4.79 Å². The third-order valence-electron chi connectivity index (χ3n) is 2.57. The van der Waals surface area contributed by atoms with Crippen molar-refractivity contribution in [1.29, 1.82) is 0 Å². The van der Waals surface area contributed by atoms with Crippen LogP contribution in [0.25, 0.3) is 0 Å². The minimum absolute atomic E-state index is 0.0492. The van der Waals surface area contributed by atoms with E-state index in [1.165, 1.54) is 0 Å². The Kier molecular flexibility index (Phi) is 3.91. The minimum Gasteiger partial charge on any atom is -0.325 e. The number of hydrogen-bond acceptors (Lipinski definition) is 2. The molecule has 85 valence electrons. The maximum Gasteiger partial charge on any atom is 0.238 e. The standard InChI is InChI=1S/C12H16N3O/c16-12(10-15-8-6-13-7-9-15)14-11-4-2-1-3-5-11/h1-5H,6-10H2,(H,14,16). The second kappa shape index (κ2) is 5.63. The molecule has 0 atom stereocenters. The van der Waals surface area contributed by atoms with E-state index in [0.29, 0.717) is 6.54 Å². The molecule has 0 aliphatic carbocycles. The number of amides is 1. The van der Waals surface area contributed by atoms with Crippen molar-refractivity contribution >= 4 is 11.6 Å². The van der Waals surface area contributed by atoms with Crippen LogP contribution in [0.2, 0.25) is 0 Å². The highest BCUT2D eigenvalue weighted by molar-refractivity contribution is 5.92. The Bertz CT molecular complexity index is 333. The summed E-state index contributed by atoms with van der Waals surface area (Å²) in [4.78, 5) is 13.8. The highest BCUT2D eigenvalue weighted by atomic mass is 16.2. The lowest BCUT2D eigenvalue weighted by molar-refractivity contribution is -0.117. The van der Waals surface area contributed by atoms with Gasteiger partial charge in [-0.3, -0.25) is 9.69 Å². The van der Waals surface area contributed by atoms with Crippen molar-refractivity contribution in [3.05, 3.63) is 30.3 Å². The van der Waals surface area contributed by atoms with Crippen LogP contribution in [0.3, 0.4) is 0 Å². The number of para-hydroxylation sites is 1. The molecule has 0 spiro atoms. The first-order valence-corrected chi connectivity index (χ1v) is 5.55. The topological polar surface area (TPSA) is 46.4 Å². The first-order valence-electron chi connectivity index (χ1n) is 5.55. The lowest BCUT2D eigenvalue weighted by atomic mass is 10.3. The molecule has 1 aliphatic heterocycles. The van der Waals surface area contributed by atoms with Gasteiger partial charge >= 0.3 is 0 Å². The predicted molar refractivity (Wildman–Crippen MR) is 63.4 cm³/mol. The molecule has 4 nitrogen and oxygen atoms in total. The smallest absolute Gasteiger partial charge is 0.238 e. The summed E-state index contributed by atoms with van der Waals surface area (Å²) in [6.07, 6.45) is 0. The van der Waals surface area contributed by atoms with Gasteiger partial charge in [0, 0.05) is 31.9 Å². The number of nitrogens with one attached hydrogen (secondary N) is 1. The second-order valence-corrected chi connectivity index (χ2v) is 3.86. The zero-order valence-electron chi connectivity index (χ0n) is 9.22. The van der Waals surface area contributed by atoms with E-state index < -0.39 is 0 Å². The number of hydrogen-bond donors (Lipinski definition) is 1. The van der Waals surface area contributed by atoms with Gasteiger partial charge < -0.3 is 5.32 Å². The Morgan fingerprint density at radius 2 is 1.94 bits per heavy atom. The van der Waals surface area contributed by atoms with E-state index in [0.717, 1.165) is 31.9 Å². The van der Waals surface area contributed by atoms with E-state index in [2.05, 4.69) is 15.5 Å². The van der Waals surface area contributed by atoms with Gasteiger partial charge in [0.15, 0.2) is 0 Å². The van der Waals surface area contributed by atoms with Gasteiger partial charge in [-0.05, 0) is 12.1 Å². The van der Waals surface area contributed by atoms with Crippen molar-refractivity contribution in [2.75, 3.05) is 38.0 Å². The summed E-state index contributed by atoms with van der Waals surface area (Å²) >= 11 is 0. The Labute approximate surface area is 95.6 Å². The predicted octanol–water partition coefficient (Wildman–Crippen LogP) is 0.545. The van der Waals surface area contributed by atoms with Crippen LogP contribution in [0, 0.1) is 0 Å². The third kappa shape index (κ3) is 3.32. The van der Waals surface area contributed by atoms with Crippen molar-refractivity contribution in [2.24, 2.45) is 0 Å². The summed E-state index contributed by atoms with van der Waals surface area (Å²) in [6.45, 7) is 3.94. The van der Waals surface area contributed by atoms with E-state index in [1.807, 2.05) is 30.3 Å². The van der Waals surface area contributed by atoms with Crippen molar-refractivity contribution in [3.8, 4) is 0 Å². The summed E-state index contributed by atoms with van der Waals surface area (Å²) < 4.78 is 0. The molecule has 0 aromatic heterocycles. The largest absolute Gasteiger partial charge is 0.325 e. The van der Waals surface area contributed by atoms with Crippen molar-refractivity contribution in [3.63, 3.8) is 0 Å². The Morgan fingerprint density at radius 3 is 2.62 bits per heavy atom. The van der Waals surface area contributed by atoms with Crippen LogP contribution in [0.15, 0.2) is 30.3 Å². The lowest BCUT2D eigenvalue weighted by Crippen LogP contribution is -2.43. The molecule has 4 heteroatoms. The molecular weight excluding hydrogens is 202 g/mol. The molecule has 1 radical (unpaired) electrons. The van der Waals surface area contributed by atoms with E-state index in [-0.39, 0.29) is 5.91 Å². The van der Waals surface area contributed by atoms with Crippen LogP contribution in [0.4, 0.5) is 5.69 Å². The summed E-state index contributed by atoms with van der Waals surface area (Å²) in [5.41, 5.74) is 0.856. The van der Waals surface area contributed by atoms with E-state index in [1.54, 1.807) is 0 Å². The zero-order chi connectivity index (χ0) is 11.2. The number of carbonyl (C=O) groups excluding carboxylic acids is 1. The number of anilines is 1. The van der Waals surface area contributed by atoms with Crippen LogP contribution in [0.5, 0.6) is 0 Å². The fourth-order valence-corrected chi connectivity index (χ4v) is 1.73. The highest BCUT2D eigenvalue weighted by Crippen LogP contribution is 2.05. The summed E-state index contributed by atoms with van der Waals surface area (Å²) in [5.74, 6) is 0.0492. The zero-order valence-corrected chi connectivity index (χ0v) is 9.22. The molecule has 1 N–H and O–H groups in total. The van der Waals surface area contributed by atoms with Gasteiger partial charge in [0.1, 0.15) is 0 Å². The average molecular weight is 218 g/mol. The normalized spacial score (nSPS) is 17.0. The van der Waals surface area contributed by atoms with E-state index in [4.69, 9.17) is 0 Å². The average Bonchev–Trinajstić information content (AvgIpc) is 2.31. The third-order valence-corrected chi connectivity index (χ3v) is 2.57. The number of carbonyl (C=O) groups is 1. The van der Waals surface area contributed by atoms with Gasteiger partial charge in [-0.2, -0.15) is 0 Å². The van der Waals surface area contributed by atoms with Crippen LogP contribution >= 0.6 is 0 Å². The van der Waals surface area contributed by atoms with Crippen molar-refractivity contribution in [2.45, 2.75) is 0 Å². The first-order chi connectivity index (χ1) is 7.84. The molecule has 1 saturated heterocycles. The SMILES string of the molecule is O=C(CN1CC[N]CC1)Nc1ccccc1. The molecule has 1 aromatic carbocycles. The fraction of sp³-hybridized carbons (Fsp3) is 0.417. The molecule has 2 rings (SSSR count). The van der Waals surface area contributed by atoms with Gasteiger partial charge in [-0.25, -0.2) is 5.32 Å². The number of piperazine rings is 1. The molecular formula is C12H16N3O. The van der Waals surface area contributed by atoms with Crippen LogP contribution in [0.1, 0.15) is 0 Å². The van der Waals surface area contributed by atoms with Gasteiger partial charge in [-0.1, -0.05) is 18.2 Å². The van der Waals surface area contributed by atoms with Crippen LogP contribution < -0.4 is 10.6 Å². The summed E-state index contributed by atoms with van der Waals surface area (Å²) in [7, 11) is 0. The molecule has 0 saturated carbocycles. The number of nitrogens with zero attached hydrogens (tertiary/aromatic N) is 2. The maximum absolute atomic E-state index is 11.7. The number of rotatable bonds is 3. The van der Waals surface area contributed by atoms with Crippen LogP contribution in [-0.2, 0) is 4.79 Å². The van der Waals surface area contributed by atoms with Gasteiger partial charge in [0.05, 0.1) is 6.54 Å². The molecule has 1 fully saturated rings. The van der Waals surface area contributed by atoms with Crippen LogP contribution in [-0.4, -0.2) is 43.5 Å². The molecule has 1 amide bonds. The molecule has 0 bridgehead atoms. The lowest BCUT2D eigenvalue weighted by Gasteiger charge is -2.25. The van der Waals surface area contributed by atoms with Gasteiger partial charge in [-0.15, -0.1) is 0 Å². The van der Waals surface area contributed by atoms with Gasteiger partial charge in [0.25, 0.3) is 0 Å². The molecule has 1 heterocycles. The van der Waals surface area contributed by atoms with E-state index >= 15 is 0 Å². The van der Waals surface area contributed by atoms with Crippen molar-refractivity contribution in [1.82, 2.24) is 10.2 Å². The minimum atomic E-state index is 0.0492. The molecule has 1 aromatic rings. The quantitative estimate of drug-likeness (QED) is 0.805. The second-order valence-electron chi connectivity index (χ2n) is 3.86. The number of benzene rings is 1. The molecule has 0 unspecified atom stereocenters. The van der Waals surface area contributed by atoms with Crippen molar-refractivity contribution < 1.29 is 4.79 Å². The van der Waals surface area contributed by atoms with Gasteiger partial charge in [0.2, 0.25) is 5.91 Å².